The van der Waals surface area contributed by atoms with Gasteiger partial charge in [0.15, 0.2) is 0 Å². The number of nitrogens with two attached hydrogens (primary N) is 2. The van der Waals surface area contributed by atoms with E-state index in [9.17, 15) is 97.5 Å². The van der Waals surface area contributed by atoms with Gasteiger partial charge < -0.3 is 111 Å². The molecule has 4 aliphatic heterocycles. The van der Waals surface area contributed by atoms with Crippen LogP contribution in [0.1, 0.15) is 64.0 Å². The van der Waals surface area contributed by atoms with Crippen molar-refractivity contribution in [3.05, 3.63) is 59.7 Å². The van der Waals surface area contributed by atoms with Crippen molar-refractivity contribution < 1.29 is 107 Å². The van der Waals surface area contributed by atoms with E-state index in [4.69, 9.17) is 11.5 Å². The Hall–Kier alpha value is -8.95. The van der Waals surface area contributed by atoms with E-state index in [0.29, 0.717) is 16.4 Å². The topological polar surface area (TPSA) is 603 Å². The molecule has 4 saturated heterocycles. The molecular weight excluding hydrogens is 1510 g/mol. The highest BCUT2D eigenvalue weighted by Crippen LogP contribution is 2.28. The van der Waals surface area contributed by atoms with Gasteiger partial charge in [0.05, 0.1) is 25.1 Å². The molecular formula is C62H84N16O22S6. The molecule has 580 valence electrons. The summed E-state index contributed by atoms with van der Waals surface area (Å²) in [6.07, 6.45) is -4.83. The molecule has 0 aromatic heterocycles. The lowest BCUT2D eigenvalue weighted by atomic mass is 10.0. The number of aromatic hydroxyl groups is 2. The van der Waals surface area contributed by atoms with E-state index >= 15 is 9.59 Å². The maximum Gasteiger partial charge on any atom is 0.326 e. The highest BCUT2D eigenvalue weighted by Gasteiger charge is 2.42. The molecule has 4 aliphatic rings. The van der Waals surface area contributed by atoms with Crippen LogP contribution in [0.2, 0.25) is 0 Å². The third kappa shape index (κ3) is 27.1. The summed E-state index contributed by atoms with van der Waals surface area (Å²) in [4.78, 5) is 241. The fourth-order valence-corrected chi connectivity index (χ4v) is 17.4. The molecule has 2 aromatic rings. The van der Waals surface area contributed by atoms with Gasteiger partial charge in [0.25, 0.3) is 0 Å². The second-order valence-electron chi connectivity index (χ2n) is 24.7. The van der Waals surface area contributed by atoms with Crippen molar-refractivity contribution in [3.8, 4) is 11.5 Å². The van der Waals surface area contributed by atoms with Gasteiger partial charge in [-0.25, -0.2) is 4.79 Å². The number of amides is 15. The highest BCUT2D eigenvalue weighted by molar-refractivity contribution is 8.77. The minimum Gasteiger partial charge on any atom is -0.508 e. The lowest BCUT2D eigenvalue weighted by Crippen LogP contribution is -2.62. The first-order chi connectivity index (χ1) is 50.2. The molecule has 4 heterocycles. The molecule has 15 atom stereocenters. The average molecular weight is 1600 g/mol. The highest BCUT2D eigenvalue weighted by atomic mass is 33.1. The van der Waals surface area contributed by atoms with Crippen LogP contribution in [0, 0.1) is 0 Å². The Morgan fingerprint density at radius 1 is 0.547 bits per heavy atom. The van der Waals surface area contributed by atoms with E-state index in [1.54, 1.807) is 0 Å². The monoisotopic (exact) mass is 1600 g/mol. The van der Waals surface area contributed by atoms with Crippen molar-refractivity contribution >= 4 is 165 Å². The van der Waals surface area contributed by atoms with Crippen molar-refractivity contribution in [1.82, 2.24) is 74.0 Å². The van der Waals surface area contributed by atoms with Gasteiger partial charge >= 0.3 is 11.9 Å². The van der Waals surface area contributed by atoms with Gasteiger partial charge in [-0.05, 0) is 75.4 Å². The molecule has 15 amide bonds. The van der Waals surface area contributed by atoms with Crippen molar-refractivity contribution in [2.75, 3.05) is 47.6 Å². The number of carboxylic acids is 2. The zero-order chi connectivity index (χ0) is 78.1. The fourth-order valence-electron chi connectivity index (χ4n) is 10.4. The largest absolute Gasteiger partial charge is 0.508 e. The van der Waals surface area contributed by atoms with E-state index in [-0.39, 0.29) is 48.6 Å². The van der Waals surface area contributed by atoms with E-state index in [1.165, 1.54) is 62.4 Å². The summed E-state index contributed by atoms with van der Waals surface area (Å²) in [5.41, 5.74) is 12.6. The molecule has 44 heteroatoms. The summed E-state index contributed by atoms with van der Waals surface area (Å²) in [5, 5.41) is 82.9. The number of primary amides is 1. The minimum atomic E-state index is -1.95. The number of hydrogen-bond acceptors (Lipinski definition) is 27. The van der Waals surface area contributed by atoms with Crippen molar-refractivity contribution in [3.63, 3.8) is 0 Å². The van der Waals surface area contributed by atoms with Crippen molar-refractivity contribution in [1.29, 1.82) is 0 Å². The predicted octanol–water partition coefficient (Wildman–Crippen LogP) is -6.43. The third-order valence-corrected chi connectivity index (χ3v) is 23.6. The number of aliphatic hydroxyl groups excluding tert-OH is 1. The molecule has 0 aliphatic carbocycles. The van der Waals surface area contributed by atoms with Crippen LogP contribution in [-0.4, -0.2) is 269 Å². The number of fused-ring (bicyclic) bond motifs is 20. The maximum atomic E-state index is 15.2. The van der Waals surface area contributed by atoms with Gasteiger partial charge in [-0.1, -0.05) is 89.0 Å². The molecule has 0 spiro atoms. The van der Waals surface area contributed by atoms with Crippen LogP contribution in [0.15, 0.2) is 48.5 Å². The van der Waals surface area contributed by atoms with Crippen LogP contribution in [0.3, 0.4) is 0 Å². The van der Waals surface area contributed by atoms with Crippen LogP contribution in [0.5, 0.6) is 11.5 Å². The van der Waals surface area contributed by atoms with E-state index in [2.05, 4.69) is 69.1 Å². The molecule has 0 saturated carbocycles. The number of phenolic OH excluding ortho intramolecular Hbond substituents is 2. The van der Waals surface area contributed by atoms with Crippen LogP contribution < -0.4 is 80.6 Å². The van der Waals surface area contributed by atoms with Gasteiger partial charge in [0.1, 0.15) is 90.0 Å². The Labute approximate surface area is 629 Å². The first kappa shape index (κ1) is 86.0. The predicted molar refractivity (Wildman–Crippen MR) is 389 cm³/mol. The van der Waals surface area contributed by atoms with Crippen LogP contribution in [0.25, 0.3) is 0 Å². The summed E-state index contributed by atoms with van der Waals surface area (Å²) in [6, 6.07) is -13.5. The van der Waals surface area contributed by atoms with Gasteiger partial charge in [-0.3, -0.25) is 76.7 Å². The molecule has 0 unspecified atom stereocenters. The van der Waals surface area contributed by atoms with Gasteiger partial charge in [-0.2, -0.15) is 0 Å². The molecule has 106 heavy (non-hydrogen) atoms. The molecule has 22 N–H and O–H groups in total. The first-order valence-corrected chi connectivity index (χ1v) is 40.3. The Morgan fingerprint density at radius 3 is 1.56 bits per heavy atom. The zero-order valence-electron chi connectivity index (χ0n) is 57.1. The van der Waals surface area contributed by atoms with Crippen LogP contribution in [0.4, 0.5) is 0 Å². The molecule has 4 bridgehead atoms. The van der Waals surface area contributed by atoms with Crippen molar-refractivity contribution in [2.24, 2.45) is 11.5 Å². The Kier molecular flexibility index (Phi) is 33.9. The SMILES string of the molecule is C[C@@H]1NC(=O)[C@H](C)NC(=O)[C@@H]2CCCN2C(=O)[C@H](CC(N)=O)NC(=O)[C@@H]2CSSC[C@@H](N)C(=O)N[C@H]3CSSC[C@H](NC1=O)C(=O)N[C@@H]([C@@H](C)O)C(=O)NCC(=O)N[C@H](C(=O)N[C@@H](Cc1ccc(O)cc1)C(=O)O)CSSC[C@@H](NC(=O)[C@H](Cc1ccc(O)cc1)NC(=O)[C@H](CCC(=O)O)NC3=O)C(=O)N2. The van der Waals surface area contributed by atoms with Gasteiger partial charge in [-0.15, -0.1) is 0 Å². The molecule has 0 radical (unpaired) electrons. The molecule has 4 fully saturated rings. The Bertz CT molecular complexity index is 3590. The fraction of sp³-hybridized carbons (Fsp3) is 0.532. The average Bonchev–Trinajstić information content (AvgIpc) is 1.59. The third-order valence-electron chi connectivity index (χ3n) is 16.3. The summed E-state index contributed by atoms with van der Waals surface area (Å²) >= 11 is 0. The van der Waals surface area contributed by atoms with Gasteiger partial charge in [0.2, 0.25) is 88.6 Å². The number of carboxylic acid groups (broad SMARTS) is 2. The zero-order valence-corrected chi connectivity index (χ0v) is 62.0. The normalized spacial score (nSPS) is 27.6. The standard InChI is InChI=1S/C62H84N16O22S6/c1-27-49(86)66-28(2)50(87)73-43-26-106-104-23-40-55(92)69-35(14-15-47(84)85)52(89)70-36(17-30-6-10-32(80)11-7-30)53(90)75-42(57(94)76-41(24-102-101-21-34(63)51(88)74-40)56(93)71-37(19-45(64)82)61(98)78-16-4-5-44(78)59(96)67-27)25-105-103-22-39(68-46(83)20-65-60(97)48(29(3)79)77-58(43)95)54(91)72-38(62(99)100)18-31-8-12-33(81)13-9-31/h6-13,27-29,34-44,48,79-81H,4-5,14-26,63H2,1-3H3,(H2,64,82)(H,65,97)(H,66,86)(H,67,96)(H,68,83)(H,69,92)(H,70,89)(H,71,93)(H,72,91)(H,73,87)(H,74,88)(H,75,90)(H,76,94)(H,77,95)(H,84,85)(H,99,100)/t27-,28-,29+,34+,35-,36-,37-,38-,39-,40-,41-,42+,43-,44-,48-/m0/s1. The molecule has 6 rings (SSSR count). The summed E-state index contributed by atoms with van der Waals surface area (Å²) in [7, 11) is 4.61. The number of aliphatic carboxylic acids is 2. The Balaban J connectivity index is 1.56. The number of rotatable bonds is 13. The van der Waals surface area contributed by atoms with Crippen molar-refractivity contribution in [2.45, 2.75) is 156 Å². The smallest absolute Gasteiger partial charge is 0.326 e. The minimum absolute atomic E-state index is 0.0101. The maximum absolute atomic E-state index is 15.2. The summed E-state index contributed by atoms with van der Waals surface area (Å²) < 4.78 is 0. The summed E-state index contributed by atoms with van der Waals surface area (Å²) in [6.45, 7) is 2.34. The second kappa shape index (κ2) is 41.8. The number of aliphatic hydroxyl groups is 1. The number of hydrogen-bond donors (Lipinski definition) is 20. The van der Waals surface area contributed by atoms with E-state index < -0.39 is 252 Å². The van der Waals surface area contributed by atoms with E-state index in [0.717, 1.165) is 65.8 Å². The number of nitrogens with one attached hydrogen (secondary N) is 13. The number of carbonyl (C=O) groups is 17. The quantitative estimate of drug-likeness (QED) is 0.0655. The number of phenols is 2. The number of benzene rings is 2. The number of nitrogens with zero attached hydrogens (tertiary/aromatic N) is 1. The lowest BCUT2D eigenvalue weighted by molar-refractivity contribution is -0.143. The molecule has 2 aromatic carbocycles. The van der Waals surface area contributed by atoms with E-state index in [1.807, 2.05) is 0 Å². The second-order valence-corrected chi connectivity index (χ2v) is 32.4. The summed E-state index contributed by atoms with van der Waals surface area (Å²) in [5.74, 6) is -23.1. The Morgan fingerprint density at radius 2 is 1.01 bits per heavy atom. The van der Waals surface area contributed by atoms with Crippen LogP contribution in [-0.2, 0) is 94.3 Å². The van der Waals surface area contributed by atoms with Gasteiger partial charge in [0, 0.05) is 60.3 Å². The lowest BCUT2D eigenvalue weighted by Gasteiger charge is -2.30. The first-order valence-electron chi connectivity index (χ1n) is 32.9. The number of carbonyl (C=O) groups excluding carboxylic acids is 15. The molecule has 38 nitrogen and oxygen atoms in total. The van der Waals surface area contributed by atoms with Crippen LogP contribution >= 0.6 is 64.8 Å².